The molecule has 39 heavy (non-hydrogen) atoms. The van der Waals surface area contributed by atoms with Crippen LogP contribution < -0.4 is 5.32 Å². The van der Waals surface area contributed by atoms with Crippen molar-refractivity contribution in [1.29, 1.82) is 0 Å². The monoisotopic (exact) mass is 551 g/mol. The second kappa shape index (κ2) is 12.7. The maximum Gasteiger partial charge on any atom is 0.412 e. The number of ketones is 1. The molecule has 0 radical (unpaired) electrons. The van der Waals surface area contributed by atoms with Crippen LogP contribution in [0.15, 0.2) is 48.7 Å². The molecule has 0 spiro atoms. The highest BCUT2D eigenvalue weighted by atomic mass is 35.5. The third-order valence-electron chi connectivity index (χ3n) is 7.49. The topological polar surface area (TPSA) is 80.6 Å². The van der Waals surface area contributed by atoms with Crippen molar-refractivity contribution in [3.63, 3.8) is 0 Å². The third-order valence-corrected chi connectivity index (χ3v) is 7.72. The van der Waals surface area contributed by atoms with Crippen LogP contribution in [0.2, 0.25) is 5.02 Å². The summed E-state index contributed by atoms with van der Waals surface area (Å²) in [5, 5.41) is 4.22. The molecule has 2 aromatic carbocycles. The second-order valence-electron chi connectivity index (χ2n) is 10.4. The molecule has 1 N–H and O–H groups in total. The molecule has 0 atom stereocenters. The molecule has 0 aliphatic carbocycles. The number of Topliss-reactive ketones (excluding diaryl/α,β-unsaturated/α-hetero) is 1. The van der Waals surface area contributed by atoms with E-state index in [2.05, 4.69) is 25.2 Å². The summed E-state index contributed by atoms with van der Waals surface area (Å²) >= 11 is 6.07. The molecule has 0 bridgehead atoms. The number of likely N-dealkylation sites (tertiary alicyclic amines) is 1. The number of hydrogen-bond acceptors (Lipinski definition) is 4. The minimum atomic E-state index is -0.428. The van der Waals surface area contributed by atoms with Gasteiger partial charge in [-0.05, 0) is 57.2 Å². The Labute approximate surface area is 235 Å². The van der Waals surface area contributed by atoms with Gasteiger partial charge in [0.1, 0.15) is 12.1 Å². The smallest absolute Gasteiger partial charge is 0.412 e. The van der Waals surface area contributed by atoms with Gasteiger partial charge in [-0.3, -0.25) is 14.9 Å². The Morgan fingerprint density at radius 1 is 1.03 bits per heavy atom. The zero-order chi connectivity index (χ0) is 28.0. The molecule has 2 amide bonds. The first-order valence-corrected chi connectivity index (χ1v) is 14.3. The number of hydrogen-bond donors (Lipinski definition) is 1. The maximum absolute atomic E-state index is 12.5. The number of carbonyl (C=O) groups excluding carboxylic acids is 3. The first kappa shape index (κ1) is 28.7. The number of halogens is 1. The summed E-state index contributed by atoms with van der Waals surface area (Å²) in [6.07, 6.45) is 8.54. The fraction of sp³-hybridized carbons (Fsp3) is 0.452. The predicted molar refractivity (Wildman–Crippen MR) is 155 cm³/mol. The predicted octanol–water partition coefficient (Wildman–Crippen LogP) is 7.55. The van der Waals surface area contributed by atoms with Gasteiger partial charge in [0.25, 0.3) is 0 Å². The number of para-hydroxylation sites is 1. The van der Waals surface area contributed by atoms with Crippen LogP contribution in [0.1, 0.15) is 81.6 Å². The Hall–Kier alpha value is -3.32. The molecule has 2 aliphatic rings. The van der Waals surface area contributed by atoms with Crippen LogP contribution in [-0.2, 0) is 21.7 Å². The van der Waals surface area contributed by atoms with E-state index in [0.717, 1.165) is 73.8 Å². The van der Waals surface area contributed by atoms with Crippen molar-refractivity contribution < 1.29 is 19.1 Å². The molecular formula is C31H38ClN3O4. The lowest BCUT2D eigenvalue weighted by Gasteiger charge is -2.38. The van der Waals surface area contributed by atoms with Crippen LogP contribution in [0.25, 0.3) is 10.9 Å². The number of nitrogens with one attached hydrogen (secondary N) is 1. The number of nitrogens with zero attached hydrogens (tertiary/aromatic N) is 2. The number of ether oxygens (including phenoxy) is 1. The summed E-state index contributed by atoms with van der Waals surface area (Å²) in [4.78, 5) is 37.8. The minimum Gasteiger partial charge on any atom is -0.438 e. The van der Waals surface area contributed by atoms with Crippen LogP contribution in [-0.4, -0.2) is 40.3 Å². The number of anilines is 1. The summed E-state index contributed by atoms with van der Waals surface area (Å²) in [5.41, 5.74) is 3.05. The molecular weight excluding hydrogens is 514 g/mol. The van der Waals surface area contributed by atoms with Gasteiger partial charge in [-0.1, -0.05) is 62.6 Å². The number of rotatable bonds is 7. The average molecular weight is 552 g/mol. The van der Waals surface area contributed by atoms with Crippen LogP contribution >= 0.6 is 11.6 Å². The number of fused-ring (bicyclic) bond motifs is 2. The van der Waals surface area contributed by atoms with E-state index in [9.17, 15) is 14.4 Å². The molecule has 8 heteroatoms. The fourth-order valence-corrected chi connectivity index (χ4v) is 5.89. The van der Waals surface area contributed by atoms with Gasteiger partial charge in [-0.25, -0.2) is 4.79 Å². The Morgan fingerprint density at radius 2 is 1.72 bits per heavy atom. The Bertz CT molecular complexity index is 1340. The summed E-state index contributed by atoms with van der Waals surface area (Å²) in [5.74, 6) is 0.100. The lowest BCUT2D eigenvalue weighted by atomic mass is 9.83. The fourth-order valence-electron chi connectivity index (χ4n) is 5.73. The van der Waals surface area contributed by atoms with Gasteiger partial charge < -0.3 is 14.2 Å². The molecule has 1 fully saturated rings. The van der Waals surface area contributed by atoms with E-state index in [1.54, 1.807) is 19.2 Å². The molecule has 0 saturated carbocycles. The van der Waals surface area contributed by atoms with E-state index < -0.39 is 5.60 Å². The summed E-state index contributed by atoms with van der Waals surface area (Å²) in [7, 11) is 0. The molecule has 1 aromatic heterocycles. The Kier molecular flexibility index (Phi) is 9.33. The molecule has 5 rings (SSSR count). The number of aromatic nitrogens is 1. The highest BCUT2D eigenvalue weighted by molar-refractivity contribution is 6.31. The summed E-state index contributed by atoms with van der Waals surface area (Å²) < 4.78 is 7.47. The van der Waals surface area contributed by atoms with Crippen molar-refractivity contribution in [3.05, 3.63) is 64.8 Å². The van der Waals surface area contributed by atoms with E-state index >= 15 is 0 Å². The number of cyclic esters (lactones) is 1. The number of benzene rings is 2. The molecule has 3 heterocycles. The van der Waals surface area contributed by atoms with Crippen molar-refractivity contribution in [2.75, 3.05) is 18.4 Å². The highest BCUT2D eigenvalue weighted by Crippen LogP contribution is 2.42. The summed E-state index contributed by atoms with van der Waals surface area (Å²) in [6, 6.07) is 13.4. The molecule has 208 valence electrons. The molecule has 7 nitrogen and oxygen atoms in total. The number of piperidine rings is 1. The van der Waals surface area contributed by atoms with Crippen molar-refractivity contribution in [3.8, 4) is 0 Å². The average Bonchev–Trinajstić information content (AvgIpc) is 3.27. The van der Waals surface area contributed by atoms with Gasteiger partial charge >= 0.3 is 6.09 Å². The van der Waals surface area contributed by atoms with Gasteiger partial charge in [0, 0.05) is 40.8 Å². The van der Waals surface area contributed by atoms with Gasteiger partial charge in [0.2, 0.25) is 5.91 Å². The van der Waals surface area contributed by atoms with E-state index in [4.69, 9.17) is 16.3 Å². The second-order valence-corrected chi connectivity index (χ2v) is 10.8. The number of carbonyl (C=O) groups is 3. The van der Waals surface area contributed by atoms with Gasteiger partial charge in [0.15, 0.2) is 5.78 Å². The normalized spacial score (nSPS) is 16.0. The molecule has 0 unspecified atom stereocenters. The van der Waals surface area contributed by atoms with Gasteiger partial charge in [0.05, 0.1) is 11.2 Å². The van der Waals surface area contributed by atoms with Crippen molar-refractivity contribution in [2.45, 2.75) is 77.9 Å². The third kappa shape index (κ3) is 6.47. The first-order chi connectivity index (χ1) is 18.8. The van der Waals surface area contributed by atoms with Crippen LogP contribution in [0.3, 0.4) is 0 Å². The molecule has 3 aromatic rings. The van der Waals surface area contributed by atoms with Crippen molar-refractivity contribution >= 4 is 46.0 Å². The Morgan fingerprint density at radius 3 is 2.38 bits per heavy atom. The van der Waals surface area contributed by atoms with Gasteiger partial charge in [-0.15, -0.1) is 0 Å². The minimum absolute atomic E-state index is 0.00325. The molecule has 2 aliphatic heterocycles. The van der Waals surface area contributed by atoms with Crippen LogP contribution in [0.4, 0.5) is 10.5 Å². The first-order valence-electron chi connectivity index (χ1n) is 13.9. The van der Waals surface area contributed by atoms with Gasteiger partial charge in [-0.2, -0.15) is 0 Å². The van der Waals surface area contributed by atoms with Crippen LogP contribution in [0.5, 0.6) is 0 Å². The highest BCUT2D eigenvalue weighted by Gasteiger charge is 2.40. The molecule has 1 saturated heterocycles. The SMILES string of the molecule is CC(=O)c1cn(CC(=O)N2CCCCC2)c2cc(Cl)ccc12.CCCC1(CCC)OC(=O)Nc2ccccc21. The van der Waals surface area contributed by atoms with E-state index in [1.807, 2.05) is 39.8 Å². The Balaban J connectivity index is 0.000000187. The van der Waals surface area contributed by atoms with Crippen molar-refractivity contribution in [1.82, 2.24) is 9.47 Å². The zero-order valence-electron chi connectivity index (χ0n) is 23.1. The lowest BCUT2D eigenvalue weighted by molar-refractivity contribution is -0.132. The van der Waals surface area contributed by atoms with E-state index in [-0.39, 0.29) is 24.3 Å². The summed E-state index contributed by atoms with van der Waals surface area (Å²) in [6.45, 7) is 7.70. The van der Waals surface area contributed by atoms with Crippen LogP contribution in [0, 0.1) is 0 Å². The zero-order valence-corrected chi connectivity index (χ0v) is 23.9. The van der Waals surface area contributed by atoms with E-state index in [1.165, 1.54) is 6.42 Å². The van der Waals surface area contributed by atoms with Crippen molar-refractivity contribution in [2.24, 2.45) is 0 Å². The lowest BCUT2D eigenvalue weighted by Crippen LogP contribution is -2.39. The number of amides is 2. The van der Waals surface area contributed by atoms with E-state index in [0.29, 0.717) is 10.6 Å². The largest absolute Gasteiger partial charge is 0.438 e. The quantitative estimate of drug-likeness (QED) is 0.307. The standard InChI is InChI=1S/C17H19ClN2O2.C14H19NO2/c1-12(21)15-10-20(16-9-13(18)5-6-14(15)16)11-17(22)19-7-3-2-4-8-19;1-3-9-14(10-4-2)11-7-5-6-8-12(11)15-13(16)17-14/h5-6,9-10H,2-4,7-8,11H2,1H3;5-8H,3-4,9-10H2,1-2H3,(H,15,16). The maximum atomic E-state index is 12.5.